The van der Waals surface area contributed by atoms with Gasteiger partial charge in [-0.3, -0.25) is 9.59 Å². The number of hydrogen-bond acceptors (Lipinski definition) is 2. The van der Waals surface area contributed by atoms with E-state index < -0.39 is 11.9 Å². The molecule has 6 heteroatoms. The van der Waals surface area contributed by atoms with E-state index in [1.54, 1.807) is 0 Å². The molecule has 137 valence electrons. The van der Waals surface area contributed by atoms with Gasteiger partial charge in [-0.15, -0.1) is 0 Å². The molecule has 0 fully saturated rings. The van der Waals surface area contributed by atoms with Crippen LogP contribution in [0.4, 0.5) is 0 Å². The number of aliphatic carboxylic acids is 2. The summed E-state index contributed by atoms with van der Waals surface area (Å²) < 4.78 is 0. The summed E-state index contributed by atoms with van der Waals surface area (Å²) >= 11 is 0. The Morgan fingerprint density at radius 3 is 1.18 bits per heavy atom. The van der Waals surface area contributed by atoms with Gasteiger partial charge in [0.25, 0.3) is 0 Å². The van der Waals surface area contributed by atoms with Crippen LogP contribution in [0.15, 0.2) is 0 Å². The number of rotatable bonds is 10. The third kappa shape index (κ3) is 17.5. The van der Waals surface area contributed by atoms with Crippen LogP contribution < -0.4 is 0 Å². The fourth-order valence-corrected chi connectivity index (χ4v) is 1.91. The van der Waals surface area contributed by atoms with E-state index in [4.69, 9.17) is 10.2 Å². The Kier molecular flexibility index (Phi) is 27.3. The van der Waals surface area contributed by atoms with Crippen LogP contribution in [-0.4, -0.2) is 22.2 Å². The monoisotopic (exact) mass is 367 g/mol. The molecule has 0 rings (SSSR count). The molecule has 0 heterocycles. The Bertz CT molecular complexity index is 233. The van der Waals surface area contributed by atoms with E-state index in [-0.39, 0.29) is 34.4 Å². The van der Waals surface area contributed by atoms with Crippen LogP contribution in [0, 0.1) is 11.8 Å². The molecule has 0 bridgehead atoms. The van der Waals surface area contributed by atoms with Crippen LogP contribution in [0.5, 0.6) is 0 Å². The summed E-state index contributed by atoms with van der Waals surface area (Å²) in [6, 6.07) is 0. The Balaban J connectivity index is -0.000000135. The van der Waals surface area contributed by atoms with Gasteiger partial charge in [-0.2, -0.15) is 0 Å². The molecule has 3 radical (unpaired) electrons. The molecule has 2 atom stereocenters. The summed E-state index contributed by atoms with van der Waals surface area (Å²) in [7, 11) is 0. The second kappa shape index (κ2) is 20.4. The fraction of sp³-hybridized carbons (Fsp3) is 0.875. The standard InChI is InChI=1S/2C8H16O2.Cu.O/c2*1-3-5-6-7(4-2)8(9)10;;/h2*7H,3-6H2,1-2H3,(H,9,10);;. The van der Waals surface area contributed by atoms with Crippen LogP contribution in [0.3, 0.4) is 0 Å². The molecule has 5 nitrogen and oxygen atoms in total. The van der Waals surface area contributed by atoms with Crippen molar-refractivity contribution in [2.75, 3.05) is 0 Å². The van der Waals surface area contributed by atoms with Gasteiger partial charge in [-0.25, -0.2) is 0 Å². The number of carboxylic acid groups (broad SMARTS) is 2. The zero-order valence-corrected chi connectivity index (χ0v) is 15.2. The van der Waals surface area contributed by atoms with Gasteiger partial charge in [0.1, 0.15) is 0 Å². The number of hydrogen-bond donors (Lipinski definition) is 2. The molecule has 0 aliphatic carbocycles. The molecule has 0 amide bonds. The quantitative estimate of drug-likeness (QED) is 0.556. The Morgan fingerprint density at radius 1 is 0.773 bits per heavy atom. The van der Waals surface area contributed by atoms with Gasteiger partial charge in [-0.05, 0) is 25.7 Å². The average Bonchev–Trinajstić information content (AvgIpc) is 2.40. The van der Waals surface area contributed by atoms with Crippen molar-refractivity contribution in [1.82, 2.24) is 0 Å². The van der Waals surface area contributed by atoms with E-state index in [0.717, 1.165) is 51.4 Å². The molecular formula is C16H32CuO5. The zero-order chi connectivity index (χ0) is 16.0. The Morgan fingerprint density at radius 2 is 1.05 bits per heavy atom. The average molecular weight is 368 g/mol. The minimum atomic E-state index is -0.643. The SMILES string of the molecule is CCCCC(CC)C(=O)O.CCCCC(CC)C(=O)O.[Cu].[O]. The van der Waals surface area contributed by atoms with E-state index in [2.05, 4.69) is 13.8 Å². The molecule has 2 N–H and O–H groups in total. The van der Waals surface area contributed by atoms with Gasteiger partial charge in [-0.1, -0.05) is 53.4 Å². The summed E-state index contributed by atoms with van der Waals surface area (Å²) in [6.45, 7) is 8.01. The van der Waals surface area contributed by atoms with Crippen molar-refractivity contribution >= 4 is 11.9 Å². The van der Waals surface area contributed by atoms with Gasteiger partial charge < -0.3 is 10.2 Å². The number of unbranched alkanes of at least 4 members (excludes halogenated alkanes) is 2. The fourth-order valence-electron chi connectivity index (χ4n) is 1.91. The van der Waals surface area contributed by atoms with Crippen molar-refractivity contribution in [2.24, 2.45) is 11.8 Å². The Labute approximate surface area is 145 Å². The van der Waals surface area contributed by atoms with Crippen LogP contribution >= 0.6 is 0 Å². The van der Waals surface area contributed by atoms with Crippen molar-refractivity contribution in [2.45, 2.75) is 79.1 Å². The van der Waals surface area contributed by atoms with Gasteiger partial charge in [0.15, 0.2) is 0 Å². The first-order chi connectivity index (χ1) is 9.44. The summed E-state index contributed by atoms with van der Waals surface area (Å²) in [5.74, 6) is -1.51. The second-order valence-corrected chi connectivity index (χ2v) is 5.17. The van der Waals surface area contributed by atoms with E-state index >= 15 is 0 Å². The molecule has 0 saturated carbocycles. The minimum Gasteiger partial charge on any atom is -0.481 e. The van der Waals surface area contributed by atoms with Crippen LogP contribution in [0.25, 0.3) is 0 Å². The second-order valence-electron chi connectivity index (χ2n) is 5.17. The van der Waals surface area contributed by atoms with Gasteiger partial charge >= 0.3 is 11.9 Å². The third-order valence-corrected chi connectivity index (χ3v) is 3.50. The Hall–Kier alpha value is -0.581. The third-order valence-electron chi connectivity index (χ3n) is 3.50. The summed E-state index contributed by atoms with van der Waals surface area (Å²) in [5, 5.41) is 17.2. The molecule has 0 aliphatic heterocycles. The molecule has 2 unspecified atom stereocenters. The van der Waals surface area contributed by atoms with Crippen molar-refractivity contribution in [1.29, 1.82) is 0 Å². The molecule has 0 spiro atoms. The van der Waals surface area contributed by atoms with E-state index in [9.17, 15) is 9.59 Å². The van der Waals surface area contributed by atoms with E-state index in [0.29, 0.717) is 0 Å². The normalized spacial score (nSPS) is 11.8. The van der Waals surface area contributed by atoms with Gasteiger partial charge in [0.05, 0.1) is 11.8 Å². The predicted octanol–water partition coefficient (Wildman–Crippen LogP) is 4.45. The maximum Gasteiger partial charge on any atom is 0.306 e. The zero-order valence-electron chi connectivity index (χ0n) is 14.2. The number of carboxylic acids is 2. The topological polar surface area (TPSA) is 103 Å². The molecular weight excluding hydrogens is 336 g/mol. The smallest absolute Gasteiger partial charge is 0.306 e. The van der Waals surface area contributed by atoms with Gasteiger partial charge in [0.2, 0.25) is 0 Å². The maximum absolute atomic E-state index is 10.4. The summed E-state index contributed by atoms with van der Waals surface area (Å²) in [6.07, 6.45) is 7.43. The van der Waals surface area contributed by atoms with Crippen molar-refractivity contribution < 1.29 is 42.3 Å². The summed E-state index contributed by atoms with van der Waals surface area (Å²) in [4.78, 5) is 20.9. The predicted molar refractivity (Wildman–Crippen MR) is 82.6 cm³/mol. The van der Waals surface area contributed by atoms with Crippen LogP contribution in [0.1, 0.15) is 79.1 Å². The molecule has 0 aromatic heterocycles. The molecule has 0 aromatic carbocycles. The number of carbonyl (C=O) groups is 2. The molecule has 22 heavy (non-hydrogen) atoms. The van der Waals surface area contributed by atoms with Crippen LogP contribution in [0.2, 0.25) is 0 Å². The van der Waals surface area contributed by atoms with Crippen molar-refractivity contribution in [3.63, 3.8) is 0 Å². The first-order valence-corrected chi connectivity index (χ1v) is 7.89. The van der Waals surface area contributed by atoms with E-state index in [1.165, 1.54) is 0 Å². The minimum absolute atomic E-state index is 0. The molecule has 0 aromatic rings. The first-order valence-electron chi connectivity index (χ1n) is 7.89. The van der Waals surface area contributed by atoms with Gasteiger partial charge in [0, 0.05) is 22.5 Å². The maximum atomic E-state index is 10.4. The van der Waals surface area contributed by atoms with Crippen molar-refractivity contribution in [3.05, 3.63) is 0 Å². The first kappa shape index (κ1) is 29.4. The molecule has 0 saturated heterocycles. The van der Waals surface area contributed by atoms with Crippen molar-refractivity contribution in [3.8, 4) is 0 Å². The molecule has 0 aliphatic rings. The van der Waals surface area contributed by atoms with Crippen LogP contribution in [-0.2, 0) is 32.1 Å². The van der Waals surface area contributed by atoms with E-state index in [1.807, 2.05) is 13.8 Å². The largest absolute Gasteiger partial charge is 0.481 e. The summed E-state index contributed by atoms with van der Waals surface area (Å²) in [5.41, 5.74) is 0.